The van der Waals surface area contributed by atoms with Crippen molar-refractivity contribution < 1.29 is 14.3 Å². The maximum absolute atomic E-state index is 12.1. The summed E-state index contributed by atoms with van der Waals surface area (Å²) in [5, 5.41) is 5.69. The Bertz CT molecular complexity index is 943. The van der Waals surface area contributed by atoms with Crippen LogP contribution in [0.5, 0.6) is 0 Å². The number of hydrogen-bond acceptors (Lipinski definition) is 4. The van der Waals surface area contributed by atoms with Crippen molar-refractivity contribution in [3.63, 3.8) is 0 Å². The number of amides is 1. The van der Waals surface area contributed by atoms with Crippen molar-refractivity contribution in [3.8, 4) is 0 Å². The largest absolute Gasteiger partial charge is 0.452 e. The van der Waals surface area contributed by atoms with Gasteiger partial charge in [0, 0.05) is 46.0 Å². The molecule has 0 atom stereocenters. The van der Waals surface area contributed by atoms with Gasteiger partial charge in [0.25, 0.3) is 5.91 Å². The van der Waals surface area contributed by atoms with E-state index < -0.39 is 5.97 Å². The minimum atomic E-state index is -0.555. The van der Waals surface area contributed by atoms with E-state index in [0.29, 0.717) is 16.6 Å². The fourth-order valence-corrected chi connectivity index (χ4v) is 4.02. The first-order valence-corrected chi connectivity index (χ1v) is 10.7. The van der Waals surface area contributed by atoms with Gasteiger partial charge in [-0.1, -0.05) is 29.3 Å². The van der Waals surface area contributed by atoms with Crippen molar-refractivity contribution >= 4 is 41.2 Å². The highest BCUT2D eigenvalue weighted by Crippen LogP contribution is 2.26. The number of likely N-dealkylation sites (tertiary alicyclic amines) is 1. The van der Waals surface area contributed by atoms with Crippen LogP contribution in [0, 0.1) is 13.8 Å². The molecule has 0 unspecified atom stereocenters. The summed E-state index contributed by atoms with van der Waals surface area (Å²) in [7, 11) is 0. The SMILES string of the molecule is Cc1nn(Cc2c(Cl)cccc2Cl)c(C)c1/C=C/C(=O)OCC(=O)N1CCCCC1. The Labute approximate surface area is 186 Å². The second kappa shape index (κ2) is 10.1. The summed E-state index contributed by atoms with van der Waals surface area (Å²) in [4.78, 5) is 25.9. The number of benzene rings is 1. The second-order valence-electron chi connectivity index (χ2n) is 7.32. The molecule has 0 saturated carbocycles. The lowest BCUT2D eigenvalue weighted by atomic mass is 10.1. The predicted molar refractivity (Wildman–Crippen MR) is 118 cm³/mol. The number of carbonyl (C=O) groups excluding carboxylic acids is 2. The highest BCUT2D eigenvalue weighted by Gasteiger charge is 2.18. The first kappa shape index (κ1) is 22.4. The van der Waals surface area contributed by atoms with Crippen LogP contribution in [0.25, 0.3) is 6.08 Å². The maximum Gasteiger partial charge on any atom is 0.331 e. The molecule has 3 rings (SSSR count). The summed E-state index contributed by atoms with van der Waals surface area (Å²) in [5.74, 6) is -0.700. The smallest absolute Gasteiger partial charge is 0.331 e. The maximum atomic E-state index is 12.1. The highest BCUT2D eigenvalue weighted by atomic mass is 35.5. The van der Waals surface area contributed by atoms with Gasteiger partial charge in [0.15, 0.2) is 6.61 Å². The van der Waals surface area contributed by atoms with E-state index in [1.807, 2.05) is 13.8 Å². The molecule has 0 radical (unpaired) electrons. The van der Waals surface area contributed by atoms with Crippen molar-refractivity contribution in [2.24, 2.45) is 0 Å². The quantitative estimate of drug-likeness (QED) is 0.483. The number of nitrogens with zero attached hydrogens (tertiary/aromatic N) is 3. The Kier molecular flexibility index (Phi) is 7.56. The van der Waals surface area contributed by atoms with E-state index in [0.717, 1.165) is 54.9 Å². The van der Waals surface area contributed by atoms with Gasteiger partial charge in [0.2, 0.25) is 0 Å². The van der Waals surface area contributed by atoms with Crippen LogP contribution in [0.1, 0.15) is 41.8 Å². The van der Waals surface area contributed by atoms with Crippen LogP contribution in [0.2, 0.25) is 10.0 Å². The summed E-state index contributed by atoms with van der Waals surface area (Å²) >= 11 is 12.5. The normalized spacial score (nSPS) is 14.3. The number of rotatable bonds is 6. The molecule has 8 heteroatoms. The molecule has 1 fully saturated rings. The number of aryl methyl sites for hydroxylation is 1. The average Bonchev–Trinajstić information content (AvgIpc) is 3.00. The van der Waals surface area contributed by atoms with Crippen LogP contribution >= 0.6 is 23.2 Å². The van der Waals surface area contributed by atoms with Crippen molar-refractivity contribution in [3.05, 3.63) is 56.8 Å². The van der Waals surface area contributed by atoms with Crippen molar-refractivity contribution in [1.29, 1.82) is 0 Å². The van der Waals surface area contributed by atoms with Crippen LogP contribution in [0.15, 0.2) is 24.3 Å². The van der Waals surface area contributed by atoms with E-state index in [9.17, 15) is 9.59 Å². The standard InChI is InChI=1S/C22H25Cl2N3O3/c1-15-17(9-10-22(29)30-14-21(28)26-11-4-3-5-12-26)16(2)27(25-15)13-18-19(23)7-6-8-20(18)24/h6-10H,3-5,11-14H2,1-2H3/b10-9+. The molecule has 1 aliphatic heterocycles. The molecule has 0 spiro atoms. The van der Waals surface area contributed by atoms with Gasteiger partial charge in [-0.3, -0.25) is 9.48 Å². The van der Waals surface area contributed by atoms with Crippen LogP contribution in [0.4, 0.5) is 0 Å². The first-order valence-electron chi connectivity index (χ1n) is 9.96. The third kappa shape index (κ3) is 5.43. The Balaban J connectivity index is 1.62. The molecule has 0 aliphatic carbocycles. The molecule has 2 aromatic rings. The van der Waals surface area contributed by atoms with Gasteiger partial charge < -0.3 is 9.64 Å². The summed E-state index contributed by atoms with van der Waals surface area (Å²) < 4.78 is 6.91. The molecule has 1 aliphatic rings. The molecular weight excluding hydrogens is 425 g/mol. The number of ether oxygens (including phenoxy) is 1. The van der Waals surface area contributed by atoms with Gasteiger partial charge in [-0.25, -0.2) is 4.79 Å². The van der Waals surface area contributed by atoms with Gasteiger partial charge in [-0.2, -0.15) is 5.10 Å². The fraction of sp³-hybridized carbons (Fsp3) is 0.409. The predicted octanol–water partition coefficient (Wildman–Crippen LogP) is 4.42. The molecule has 1 aromatic carbocycles. The Hall–Kier alpha value is -2.31. The van der Waals surface area contributed by atoms with Gasteiger partial charge >= 0.3 is 5.97 Å². The zero-order valence-electron chi connectivity index (χ0n) is 17.2. The number of hydrogen-bond donors (Lipinski definition) is 0. The second-order valence-corrected chi connectivity index (χ2v) is 8.14. The lowest BCUT2D eigenvalue weighted by molar-refractivity contribution is -0.148. The van der Waals surface area contributed by atoms with Crippen molar-refractivity contribution in [2.45, 2.75) is 39.7 Å². The van der Waals surface area contributed by atoms with Crippen LogP contribution in [0.3, 0.4) is 0 Å². The van der Waals surface area contributed by atoms with E-state index >= 15 is 0 Å². The summed E-state index contributed by atoms with van der Waals surface area (Å²) in [6.45, 7) is 5.44. The van der Waals surface area contributed by atoms with Gasteiger partial charge in [-0.05, 0) is 51.3 Å². The third-order valence-corrected chi connectivity index (χ3v) is 5.95. The summed E-state index contributed by atoms with van der Waals surface area (Å²) in [5.41, 5.74) is 3.25. The number of piperidine rings is 1. The number of carbonyl (C=O) groups is 2. The molecule has 1 amide bonds. The lowest BCUT2D eigenvalue weighted by Gasteiger charge is -2.26. The Morgan fingerprint density at radius 3 is 2.47 bits per heavy atom. The highest BCUT2D eigenvalue weighted by molar-refractivity contribution is 6.35. The van der Waals surface area contributed by atoms with Crippen molar-refractivity contribution in [1.82, 2.24) is 14.7 Å². The number of aromatic nitrogens is 2. The van der Waals surface area contributed by atoms with E-state index in [1.165, 1.54) is 6.08 Å². The zero-order chi connectivity index (χ0) is 21.7. The molecule has 2 heterocycles. The summed E-state index contributed by atoms with van der Waals surface area (Å²) in [6.07, 6.45) is 6.13. The summed E-state index contributed by atoms with van der Waals surface area (Å²) in [6, 6.07) is 5.37. The molecule has 0 N–H and O–H groups in total. The molecule has 160 valence electrons. The molecule has 1 aromatic heterocycles. The first-order chi connectivity index (χ1) is 14.4. The average molecular weight is 450 g/mol. The van der Waals surface area contributed by atoms with Gasteiger partial charge in [0.05, 0.1) is 12.2 Å². The van der Waals surface area contributed by atoms with E-state index in [2.05, 4.69) is 5.10 Å². The lowest BCUT2D eigenvalue weighted by Crippen LogP contribution is -2.38. The number of halogens is 2. The third-order valence-electron chi connectivity index (χ3n) is 5.24. The topological polar surface area (TPSA) is 64.4 Å². The van der Waals surface area contributed by atoms with E-state index in [-0.39, 0.29) is 12.5 Å². The van der Waals surface area contributed by atoms with Crippen LogP contribution < -0.4 is 0 Å². The monoisotopic (exact) mass is 449 g/mol. The zero-order valence-corrected chi connectivity index (χ0v) is 18.7. The van der Waals surface area contributed by atoms with Gasteiger partial charge in [-0.15, -0.1) is 0 Å². The van der Waals surface area contributed by atoms with E-state index in [1.54, 1.807) is 33.9 Å². The number of esters is 1. The van der Waals surface area contributed by atoms with Crippen LogP contribution in [-0.2, 0) is 20.9 Å². The minimum Gasteiger partial charge on any atom is -0.452 e. The van der Waals surface area contributed by atoms with E-state index in [4.69, 9.17) is 27.9 Å². The minimum absolute atomic E-state index is 0.145. The molecule has 1 saturated heterocycles. The van der Waals surface area contributed by atoms with Gasteiger partial charge in [0.1, 0.15) is 0 Å². The van der Waals surface area contributed by atoms with Crippen LogP contribution in [-0.4, -0.2) is 46.3 Å². The molecular formula is C22H25Cl2N3O3. The van der Waals surface area contributed by atoms with Crippen molar-refractivity contribution in [2.75, 3.05) is 19.7 Å². The fourth-order valence-electron chi connectivity index (χ4n) is 3.51. The Morgan fingerprint density at radius 1 is 1.13 bits per heavy atom. The Morgan fingerprint density at radius 2 is 1.80 bits per heavy atom. The molecule has 6 nitrogen and oxygen atoms in total. The molecule has 30 heavy (non-hydrogen) atoms. The molecule has 0 bridgehead atoms.